The number of ether oxygens (including phenoxy) is 2. The van der Waals surface area contributed by atoms with Crippen LogP contribution in [0.15, 0.2) is 0 Å². The summed E-state index contributed by atoms with van der Waals surface area (Å²) < 4.78 is 9.19. The smallest absolute Gasteiger partial charge is 0.309 e. The van der Waals surface area contributed by atoms with E-state index in [0.717, 1.165) is 0 Å². The number of rotatable bonds is 9. The van der Waals surface area contributed by atoms with Crippen molar-refractivity contribution in [1.29, 1.82) is 5.26 Å². The predicted octanol–water partition coefficient (Wildman–Crippen LogP) is 0.871. The van der Waals surface area contributed by atoms with Crippen LogP contribution in [-0.4, -0.2) is 41.8 Å². The highest BCUT2D eigenvalue weighted by molar-refractivity contribution is 7.99. The number of nitrogens with zero attached hydrogens (tertiary/aromatic N) is 1. The van der Waals surface area contributed by atoms with E-state index in [1.165, 1.54) is 18.0 Å². The Balaban J connectivity index is 3.54. The van der Waals surface area contributed by atoms with Crippen molar-refractivity contribution in [2.75, 3.05) is 24.7 Å². The van der Waals surface area contributed by atoms with Crippen LogP contribution in [0.3, 0.4) is 0 Å². The second-order valence-corrected chi connectivity index (χ2v) is 4.38. The summed E-state index contributed by atoms with van der Waals surface area (Å²) in [6, 6.07) is 0. The van der Waals surface area contributed by atoms with Crippen molar-refractivity contribution in [3.8, 4) is 6.26 Å². The molecule has 0 rings (SSSR count). The second-order valence-electron chi connectivity index (χ2n) is 3.23. The van der Waals surface area contributed by atoms with Crippen molar-refractivity contribution in [1.82, 2.24) is 0 Å². The molecule has 0 fully saturated rings. The highest BCUT2D eigenvalue weighted by Crippen LogP contribution is 2.11. The van der Waals surface area contributed by atoms with Gasteiger partial charge in [0.05, 0.1) is 12.3 Å². The molecule has 1 atom stereocenters. The number of aliphatic carboxylic acids is 1. The normalized spacial score (nSPS) is 11.3. The van der Waals surface area contributed by atoms with E-state index < -0.39 is 5.97 Å². The van der Waals surface area contributed by atoms with Gasteiger partial charge in [0.1, 0.15) is 13.2 Å². The topological polar surface area (TPSA) is 96.6 Å². The maximum Gasteiger partial charge on any atom is 0.309 e. The third-order valence-electron chi connectivity index (χ3n) is 1.72. The number of carboxylic acid groups (broad SMARTS) is 1. The van der Waals surface area contributed by atoms with E-state index in [-0.39, 0.29) is 31.5 Å². The average molecular weight is 261 g/mol. The predicted molar refractivity (Wildman–Crippen MR) is 61.3 cm³/mol. The minimum absolute atomic E-state index is 0.0521. The standard InChI is InChI=1S/C10H15NO5S/c1-8(6-17-5-2-9(12)13)10(14)16-4-3-15-7-11/h8H,2-6H2,1H3,(H,12,13). The van der Waals surface area contributed by atoms with Gasteiger partial charge < -0.3 is 14.6 Å². The van der Waals surface area contributed by atoms with Crippen LogP contribution in [0.1, 0.15) is 13.3 Å². The van der Waals surface area contributed by atoms with Crippen LogP contribution in [0.25, 0.3) is 0 Å². The van der Waals surface area contributed by atoms with E-state index in [4.69, 9.17) is 15.1 Å². The van der Waals surface area contributed by atoms with Crippen molar-refractivity contribution < 1.29 is 24.2 Å². The van der Waals surface area contributed by atoms with E-state index in [1.807, 2.05) is 0 Å². The summed E-state index contributed by atoms with van der Waals surface area (Å²) >= 11 is 1.40. The lowest BCUT2D eigenvalue weighted by Crippen LogP contribution is -2.19. The van der Waals surface area contributed by atoms with Crippen molar-refractivity contribution in [3.63, 3.8) is 0 Å². The van der Waals surface area contributed by atoms with Gasteiger partial charge in [-0.05, 0) is 0 Å². The number of esters is 1. The number of carbonyl (C=O) groups is 2. The first-order chi connectivity index (χ1) is 8.07. The van der Waals surface area contributed by atoms with Gasteiger partial charge in [0, 0.05) is 11.5 Å². The number of hydrogen-bond acceptors (Lipinski definition) is 6. The molecule has 17 heavy (non-hydrogen) atoms. The van der Waals surface area contributed by atoms with Gasteiger partial charge in [-0.1, -0.05) is 6.92 Å². The fourth-order valence-electron chi connectivity index (χ4n) is 0.859. The lowest BCUT2D eigenvalue weighted by Gasteiger charge is -2.10. The molecule has 0 aromatic heterocycles. The molecule has 7 heteroatoms. The summed E-state index contributed by atoms with van der Waals surface area (Å²) in [6.07, 6.45) is 1.56. The van der Waals surface area contributed by atoms with E-state index in [9.17, 15) is 9.59 Å². The zero-order valence-electron chi connectivity index (χ0n) is 9.55. The third kappa shape index (κ3) is 9.51. The van der Waals surface area contributed by atoms with Crippen LogP contribution < -0.4 is 0 Å². The molecule has 1 N–H and O–H groups in total. The fourth-order valence-corrected chi connectivity index (χ4v) is 1.83. The zero-order valence-corrected chi connectivity index (χ0v) is 10.4. The van der Waals surface area contributed by atoms with Crippen LogP contribution >= 0.6 is 11.8 Å². The van der Waals surface area contributed by atoms with E-state index in [1.54, 1.807) is 6.92 Å². The first-order valence-electron chi connectivity index (χ1n) is 5.05. The minimum Gasteiger partial charge on any atom is -0.481 e. The van der Waals surface area contributed by atoms with Crippen LogP contribution in [-0.2, 0) is 19.1 Å². The molecule has 0 aromatic carbocycles. The second kappa shape index (κ2) is 9.78. The van der Waals surface area contributed by atoms with Gasteiger partial charge >= 0.3 is 11.9 Å². The van der Waals surface area contributed by atoms with Gasteiger partial charge in [-0.3, -0.25) is 9.59 Å². The Morgan fingerprint density at radius 1 is 1.47 bits per heavy atom. The Kier molecular flexibility index (Phi) is 8.96. The number of hydrogen-bond donors (Lipinski definition) is 1. The van der Waals surface area contributed by atoms with E-state index in [2.05, 4.69) is 4.74 Å². The molecule has 6 nitrogen and oxygen atoms in total. The Bertz CT molecular complexity index is 289. The Morgan fingerprint density at radius 3 is 2.76 bits per heavy atom. The summed E-state index contributed by atoms with van der Waals surface area (Å²) in [6.45, 7) is 1.82. The van der Waals surface area contributed by atoms with Crippen molar-refractivity contribution in [2.24, 2.45) is 5.92 Å². The number of carboxylic acids is 1. The molecule has 0 aromatic rings. The highest BCUT2D eigenvalue weighted by atomic mass is 32.2. The number of nitriles is 1. The molecule has 0 aliphatic rings. The van der Waals surface area contributed by atoms with Gasteiger partial charge in [0.15, 0.2) is 0 Å². The van der Waals surface area contributed by atoms with Crippen molar-refractivity contribution in [2.45, 2.75) is 13.3 Å². The molecule has 0 saturated heterocycles. The summed E-state index contributed by atoms with van der Waals surface area (Å²) in [5, 5.41) is 16.5. The Hall–Kier alpha value is -1.42. The molecule has 0 heterocycles. The number of thioether (sulfide) groups is 1. The largest absolute Gasteiger partial charge is 0.481 e. The van der Waals surface area contributed by atoms with Gasteiger partial charge in [0.2, 0.25) is 0 Å². The molecule has 1 unspecified atom stereocenters. The molecule has 0 amide bonds. The van der Waals surface area contributed by atoms with Crippen LogP contribution in [0.5, 0.6) is 0 Å². The molecule has 96 valence electrons. The van der Waals surface area contributed by atoms with E-state index in [0.29, 0.717) is 11.5 Å². The van der Waals surface area contributed by atoms with Gasteiger partial charge in [0.25, 0.3) is 6.26 Å². The Labute approximate surface area is 104 Å². The lowest BCUT2D eigenvalue weighted by molar-refractivity contribution is -0.148. The third-order valence-corrected chi connectivity index (χ3v) is 2.95. The summed E-state index contributed by atoms with van der Waals surface area (Å²) in [7, 11) is 0. The SMILES string of the molecule is CC(CSCCC(=O)O)C(=O)OCCOC#N. The average Bonchev–Trinajstić information content (AvgIpc) is 2.29. The molecular weight excluding hydrogens is 246 g/mol. The summed E-state index contributed by atoms with van der Waals surface area (Å²) in [4.78, 5) is 21.6. The van der Waals surface area contributed by atoms with Gasteiger partial charge in [-0.2, -0.15) is 17.0 Å². The highest BCUT2D eigenvalue weighted by Gasteiger charge is 2.14. The minimum atomic E-state index is -0.846. The van der Waals surface area contributed by atoms with Crippen molar-refractivity contribution in [3.05, 3.63) is 0 Å². The van der Waals surface area contributed by atoms with Crippen LogP contribution in [0.4, 0.5) is 0 Å². The number of carbonyl (C=O) groups excluding carboxylic acids is 1. The van der Waals surface area contributed by atoms with Gasteiger partial charge in [-0.25, -0.2) is 0 Å². The molecule has 0 bridgehead atoms. The monoisotopic (exact) mass is 261 g/mol. The molecule has 0 aliphatic carbocycles. The lowest BCUT2D eigenvalue weighted by atomic mass is 10.2. The molecule has 0 aliphatic heterocycles. The zero-order chi connectivity index (χ0) is 13.1. The van der Waals surface area contributed by atoms with Crippen LogP contribution in [0.2, 0.25) is 0 Å². The molecule has 0 radical (unpaired) electrons. The van der Waals surface area contributed by atoms with Gasteiger partial charge in [-0.15, -0.1) is 0 Å². The molecule has 0 spiro atoms. The molecular formula is C10H15NO5S. The first kappa shape index (κ1) is 15.6. The van der Waals surface area contributed by atoms with E-state index >= 15 is 0 Å². The van der Waals surface area contributed by atoms with Crippen molar-refractivity contribution >= 4 is 23.7 Å². The maximum absolute atomic E-state index is 11.3. The summed E-state index contributed by atoms with van der Waals surface area (Å²) in [5.74, 6) is -0.512. The van der Waals surface area contributed by atoms with Crippen LogP contribution in [0, 0.1) is 17.4 Å². The quantitative estimate of drug-likeness (QED) is 0.373. The maximum atomic E-state index is 11.3. The molecule has 0 saturated carbocycles. The summed E-state index contributed by atoms with van der Waals surface area (Å²) in [5.41, 5.74) is 0. The first-order valence-corrected chi connectivity index (χ1v) is 6.20. The fraction of sp³-hybridized carbons (Fsp3) is 0.700. The Morgan fingerprint density at radius 2 is 2.18 bits per heavy atom.